The fourth-order valence-corrected chi connectivity index (χ4v) is 2.57. The Bertz CT molecular complexity index is 405. The number of benzene rings is 1. The Kier molecular flexibility index (Phi) is 5.02. The molecule has 1 heterocycles. The third-order valence-corrected chi connectivity index (χ3v) is 3.85. The lowest BCUT2D eigenvalue weighted by Gasteiger charge is -2.26. The summed E-state index contributed by atoms with van der Waals surface area (Å²) in [5, 5.41) is 3.43. The average Bonchev–Trinajstić information content (AvgIpc) is 2.45. The van der Waals surface area contributed by atoms with E-state index in [1.807, 2.05) is 13.1 Å². The molecule has 2 rings (SSSR count). The predicted molar refractivity (Wildman–Crippen MR) is 76.4 cm³/mol. The number of nitrogens with zero attached hydrogens (tertiary/aromatic N) is 1. The molecule has 0 aromatic heterocycles. The number of ether oxygens (including phenoxy) is 1. The van der Waals surface area contributed by atoms with Crippen LogP contribution in [0.4, 0.5) is 10.1 Å². The summed E-state index contributed by atoms with van der Waals surface area (Å²) < 4.78 is 18.6. The Hall–Kier alpha value is -1.29. The second-order valence-electron chi connectivity index (χ2n) is 5.24. The van der Waals surface area contributed by atoms with Gasteiger partial charge in [-0.15, -0.1) is 0 Å². The third kappa shape index (κ3) is 3.83. The predicted octanol–water partition coefficient (Wildman–Crippen LogP) is 2.66. The van der Waals surface area contributed by atoms with Gasteiger partial charge in [0.15, 0.2) is 11.6 Å². The number of methoxy groups -OCH3 is 1. The van der Waals surface area contributed by atoms with Crippen LogP contribution in [0.25, 0.3) is 0 Å². The first-order chi connectivity index (χ1) is 9.20. The standard InChI is InChI=1S/C15H23FN2O/c1-18(9-7-12-4-3-8-17-11-12)13-5-6-15(19-2)14(16)10-13/h5-6,10,12,17H,3-4,7-9,11H2,1-2H3. The van der Waals surface area contributed by atoms with Crippen LogP contribution in [0.15, 0.2) is 18.2 Å². The summed E-state index contributed by atoms with van der Waals surface area (Å²) in [4.78, 5) is 2.11. The first kappa shape index (κ1) is 14.1. The Morgan fingerprint density at radius 3 is 2.95 bits per heavy atom. The van der Waals surface area contributed by atoms with E-state index in [2.05, 4.69) is 10.2 Å². The molecule has 0 spiro atoms. The lowest BCUT2D eigenvalue weighted by atomic mass is 9.96. The van der Waals surface area contributed by atoms with Gasteiger partial charge >= 0.3 is 0 Å². The molecule has 0 bridgehead atoms. The van der Waals surface area contributed by atoms with Crippen LogP contribution in [-0.2, 0) is 0 Å². The minimum absolute atomic E-state index is 0.300. The van der Waals surface area contributed by atoms with E-state index in [1.54, 1.807) is 6.07 Å². The van der Waals surface area contributed by atoms with E-state index >= 15 is 0 Å². The Labute approximate surface area is 114 Å². The van der Waals surface area contributed by atoms with E-state index in [1.165, 1.54) is 26.0 Å². The fraction of sp³-hybridized carbons (Fsp3) is 0.600. The maximum atomic E-state index is 13.6. The van der Waals surface area contributed by atoms with E-state index < -0.39 is 0 Å². The fourth-order valence-electron chi connectivity index (χ4n) is 2.57. The van der Waals surface area contributed by atoms with Gasteiger partial charge in [-0.1, -0.05) is 0 Å². The topological polar surface area (TPSA) is 24.5 Å². The molecule has 0 aliphatic carbocycles. The summed E-state index contributed by atoms with van der Waals surface area (Å²) in [6.07, 6.45) is 3.72. The summed E-state index contributed by atoms with van der Waals surface area (Å²) in [6, 6.07) is 5.13. The second-order valence-corrected chi connectivity index (χ2v) is 5.24. The van der Waals surface area contributed by atoms with E-state index in [0.29, 0.717) is 5.75 Å². The van der Waals surface area contributed by atoms with Crippen molar-refractivity contribution < 1.29 is 9.13 Å². The SMILES string of the molecule is COc1ccc(N(C)CCC2CCCNC2)cc1F. The summed E-state index contributed by atoms with van der Waals surface area (Å²) in [5.74, 6) is 0.749. The number of anilines is 1. The molecule has 3 nitrogen and oxygen atoms in total. The summed E-state index contributed by atoms with van der Waals surface area (Å²) >= 11 is 0. The monoisotopic (exact) mass is 266 g/mol. The van der Waals surface area contributed by atoms with E-state index in [0.717, 1.165) is 37.7 Å². The van der Waals surface area contributed by atoms with Gasteiger partial charge in [-0.05, 0) is 50.4 Å². The molecular weight excluding hydrogens is 243 g/mol. The second kappa shape index (κ2) is 6.75. The zero-order valence-electron chi connectivity index (χ0n) is 11.8. The van der Waals surface area contributed by atoms with Crippen LogP contribution >= 0.6 is 0 Å². The van der Waals surface area contributed by atoms with Crippen LogP contribution in [-0.4, -0.2) is 33.8 Å². The molecular formula is C15H23FN2O. The average molecular weight is 266 g/mol. The van der Waals surface area contributed by atoms with Gasteiger partial charge in [0.25, 0.3) is 0 Å². The molecule has 1 atom stereocenters. The molecule has 1 saturated heterocycles. The largest absolute Gasteiger partial charge is 0.494 e. The van der Waals surface area contributed by atoms with Gasteiger partial charge < -0.3 is 15.0 Å². The highest BCUT2D eigenvalue weighted by Crippen LogP contribution is 2.23. The summed E-state index contributed by atoms with van der Waals surface area (Å²) in [5.41, 5.74) is 0.905. The zero-order chi connectivity index (χ0) is 13.7. The van der Waals surface area contributed by atoms with Crippen LogP contribution in [0, 0.1) is 11.7 Å². The highest BCUT2D eigenvalue weighted by atomic mass is 19.1. The molecule has 1 aliphatic rings. The zero-order valence-corrected chi connectivity index (χ0v) is 11.8. The third-order valence-electron chi connectivity index (χ3n) is 3.85. The lowest BCUT2D eigenvalue weighted by Crippen LogP contribution is -2.32. The van der Waals surface area contributed by atoms with Crippen LogP contribution in [0.5, 0.6) is 5.75 Å². The van der Waals surface area contributed by atoms with Gasteiger partial charge in [-0.2, -0.15) is 0 Å². The number of hydrogen-bond donors (Lipinski definition) is 1. The van der Waals surface area contributed by atoms with Gasteiger partial charge in [0.1, 0.15) is 0 Å². The molecule has 1 aromatic rings. The van der Waals surface area contributed by atoms with Gasteiger partial charge in [-0.3, -0.25) is 0 Å². The smallest absolute Gasteiger partial charge is 0.167 e. The molecule has 1 aliphatic heterocycles. The quantitative estimate of drug-likeness (QED) is 0.886. The highest BCUT2D eigenvalue weighted by molar-refractivity contribution is 5.49. The van der Waals surface area contributed by atoms with E-state index in [-0.39, 0.29) is 5.82 Å². The van der Waals surface area contributed by atoms with Gasteiger partial charge in [-0.25, -0.2) is 4.39 Å². The van der Waals surface area contributed by atoms with Crippen molar-refractivity contribution in [1.29, 1.82) is 0 Å². The van der Waals surface area contributed by atoms with Crippen LogP contribution in [0.3, 0.4) is 0 Å². The molecule has 1 fully saturated rings. The molecule has 1 N–H and O–H groups in total. The molecule has 0 amide bonds. The highest BCUT2D eigenvalue weighted by Gasteiger charge is 2.14. The number of rotatable bonds is 5. The number of hydrogen-bond acceptors (Lipinski definition) is 3. The van der Waals surface area contributed by atoms with Crippen LogP contribution in [0.2, 0.25) is 0 Å². The van der Waals surface area contributed by atoms with Crippen molar-refractivity contribution in [2.45, 2.75) is 19.3 Å². The first-order valence-electron chi connectivity index (χ1n) is 6.96. The normalized spacial score (nSPS) is 19.2. The van der Waals surface area contributed by atoms with Crippen molar-refractivity contribution in [1.82, 2.24) is 5.32 Å². The molecule has 1 aromatic carbocycles. The minimum Gasteiger partial charge on any atom is -0.494 e. The van der Waals surface area contributed by atoms with Crippen molar-refractivity contribution in [2.24, 2.45) is 5.92 Å². The van der Waals surface area contributed by atoms with Crippen molar-refractivity contribution in [3.8, 4) is 5.75 Å². The molecule has 19 heavy (non-hydrogen) atoms. The van der Waals surface area contributed by atoms with Crippen LogP contribution in [0.1, 0.15) is 19.3 Å². The van der Waals surface area contributed by atoms with Gasteiger partial charge in [0.05, 0.1) is 7.11 Å². The van der Waals surface area contributed by atoms with Crippen molar-refractivity contribution in [3.05, 3.63) is 24.0 Å². The van der Waals surface area contributed by atoms with E-state index in [4.69, 9.17) is 4.74 Å². The summed E-state index contributed by atoms with van der Waals surface area (Å²) in [6.45, 7) is 3.22. The molecule has 0 saturated carbocycles. The van der Waals surface area contributed by atoms with Crippen molar-refractivity contribution in [3.63, 3.8) is 0 Å². The first-order valence-corrected chi connectivity index (χ1v) is 6.96. The van der Waals surface area contributed by atoms with Crippen LogP contribution < -0.4 is 15.0 Å². The molecule has 106 valence electrons. The molecule has 0 radical (unpaired) electrons. The maximum absolute atomic E-state index is 13.6. The van der Waals surface area contributed by atoms with Crippen molar-refractivity contribution in [2.75, 3.05) is 38.7 Å². The van der Waals surface area contributed by atoms with Gasteiger partial charge in [0.2, 0.25) is 0 Å². The number of piperidine rings is 1. The number of halogens is 1. The van der Waals surface area contributed by atoms with E-state index in [9.17, 15) is 4.39 Å². The number of nitrogens with one attached hydrogen (secondary N) is 1. The molecule has 1 unspecified atom stereocenters. The summed E-state index contributed by atoms with van der Waals surface area (Å²) in [7, 11) is 3.50. The minimum atomic E-state index is -0.300. The van der Waals surface area contributed by atoms with Gasteiger partial charge in [0, 0.05) is 25.3 Å². The maximum Gasteiger partial charge on any atom is 0.167 e. The lowest BCUT2D eigenvalue weighted by molar-refractivity contribution is 0.360. The Balaban J connectivity index is 1.88. The Morgan fingerprint density at radius 2 is 2.32 bits per heavy atom. The molecule has 4 heteroatoms. The van der Waals surface area contributed by atoms with Crippen molar-refractivity contribution >= 4 is 5.69 Å². The Morgan fingerprint density at radius 1 is 1.47 bits per heavy atom.